The SMILES string of the molecule is NCCn1nnnc1SCC(F)(F)c1ccccc1. The number of rotatable bonds is 6. The summed E-state index contributed by atoms with van der Waals surface area (Å²) in [5, 5.41) is 11.2. The van der Waals surface area contributed by atoms with Crippen molar-refractivity contribution in [3.05, 3.63) is 35.9 Å². The van der Waals surface area contributed by atoms with Crippen molar-refractivity contribution in [3.8, 4) is 0 Å². The molecular weight excluding hydrogens is 272 g/mol. The highest BCUT2D eigenvalue weighted by Crippen LogP contribution is 2.33. The normalized spacial score (nSPS) is 11.7. The molecule has 2 rings (SSSR count). The van der Waals surface area contributed by atoms with E-state index in [0.29, 0.717) is 18.2 Å². The Balaban J connectivity index is 2.03. The lowest BCUT2D eigenvalue weighted by Crippen LogP contribution is -2.18. The summed E-state index contributed by atoms with van der Waals surface area (Å²) in [6.45, 7) is 0.764. The minimum Gasteiger partial charge on any atom is -0.329 e. The van der Waals surface area contributed by atoms with Gasteiger partial charge in [0.05, 0.1) is 12.3 Å². The molecule has 0 atom stereocenters. The highest BCUT2D eigenvalue weighted by molar-refractivity contribution is 7.99. The molecule has 0 spiro atoms. The maximum absolute atomic E-state index is 13.9. The number of nitrogens with two attached hydrogens (primary N) is 1. The van der Waals surface area contributed by atoms with Crippen LogP contribution in [0.5, 0.6) is 0 Å². The Bertz CT molecular complexity index is 517. The van der Waals surface area contributed by atoms with Crippen molar-refractivity contribution in [2.75, 3.05) is 12.3 Å². The van der Waals surface area contributed by atoms with Gasteiger partial charge in [0.25, 0.3) is 5.92 Å². The molecule has 2 aromatic rings. The molecule has 0 aliphatic carbocycles. The summed E-state index contributed by atoms with van der Waals surface area (Å²) in [5.74, 6) is -3.34. The number of hydrogen-bond acceptors (Lipinski definition) is 5. The predicted molar refractivity (Wildman–Crippen MR) is 67.9 cm³/mol. The Hall–Kier alpha value is -1.54. The minimum absolute atomic E-state index is 0.0136. The molecule has 8 heteroatoms. The van der Waals surface area contributed by atoms with Gasteiger partial charge in [-0.1, -0.05) is 42.1 Å². The third-order valence-corrected chi connectivity index (χ3v) is 3.48. The Kier molecular flexibility index (Phi) is 4.43. The molecule has 102 valence electrons. The quantitative estimate of drug-likeness (QED) is 0.815. The number of nitrogens with zero attached hydrogens (tertiary/aromatic N) is 4. The second kappa shape index (κ2) is 6.07. The molecule has 0 unspecified atom stereocenters. The zero-order valence-electron chi connectivity index (χ0n) is 10.0. The molecule has 0 saturated carbocycles. The van der Waals surface area contributed by atoms with Crippen LogP contribution in [0.25, 0.3) is 0 Å². The molecule has 1 aromatic heterocycles. The molecule has 19 heavy (non-hydrogen) atoms. The van der Waals surface area contributed by atoms with E-state index in [1.165, 1.54) is 16.8 Å². The van der Waals surface area contributed by atoms with Crippen molar-refractivity contribution in [2.45, 2.75) is 17.6 Å². The van der Waals surface area contributed by atoms with Crippen molar-refractivity contribution in [1.29, 1.82) is 0 Å². The van der Waals surface area contributed by atoms with Gasteiger partial charge < -0.3 is 5.73 Å². The van der Waals surface area contributed by atoms with E-state index < -0.39 is 11.7 Å². The van der Waals surface area contributed by atoms with E-state index in [1.54, 1.807) is 18.2 Å². The summed E-state index contributed by atoms with van der Waals surface area (Å²) in [4.78, 5) is 0. The van der Waals surface area contributed by atoms with Crippen LogP contribution in [0.4, 0.5) is 8.78 Å². The molecule has 0 radical (unpaired) electrons. The number of hydrogen-bond donors (Lipinski definition) is 1. The standard InChI is InChI=1S/C11H13F2N5S/c12-11(13,9-4-2-1-3-5-9)8-19-10-15-16-17-18(10)7-6-14/h1-5H,6-8,14H2. The van der Waals surface area contributed by atoms with Crippen LogP contribution in [-0.2, 0) is 12.5 Å². The summed E-state index contributed by atoms with van der Waals surface area (Å²) in [6, 6.07) is 7.69. The fourth-order valence-electron chi connectivity index (χ4n) is 1.48. The van der Waals surface area contributed by atoms with Crippen LogP contribution in [0.1, 0.15) is 5.56 Å². The van der Waals surface area contributed by atoms with Crippen molar-refractivity contribution in [3.63, 3.8) is 0 Å². The van der Waals surface area contributed by atoms with Gasteiger partial charge in [-0.05, 0) is 10.4 Å². The van der Waals surface area contributed by atoms with Crippen molar-refractivity contribution >= 4 is 11.8 Å². The van der Waals surface area contributed by atoms with E-state index >= 15 is 0 Å². The van der Waals surface area contributed by atoms with Crippen molar-refractivity contribution < 1.29 is 8.78 Å². The molecule has 5 nitrogen and oxygen atoms in total. The monoisotopic (exact) mass is 285 g/mol. The molecule has 0 fully saturated rings. The Morgan fingerprint density at radius 1 is 1.26 bits per heavy atom. The molecule has 0 amide bonds. The minimum atomic E-state index is -2.93. The summed E-state index contributed by atoms with van der Waals surface area (Å²) >= 11 is 0.917. The highest BCUT2D eigenvalue weighted by atomic mass is 32.2. The Morgan fingerprint density at radius 2 is 2.00 bits per heavy atom. The van der Waals surface area contributed by atoms with E-state index in [9.17, 15) is 8.78 Å². The Labute approximate surface area is 113 Å². The first-order valence-electron chi connectivity index (χ1n) is 5.66. The molecular formula is C11H13F2N5S. The van der Waals surface area contributed by atoms with Gasteiger partial charge in [0.15, 0.2) is 0 Å². The molecule has 0 bridgehead atoms. The van der Waals surface area contributed by atoms with Crippen LogP contribution >= 0.6 is 11.8 Å². The first-order valence-corrected chi connectivity index (χ1v) is 6.64. The lowest BCUT2D eigenvalue weighted by molar-refractivity contribution is 0.0231. The molecule has 0 aliphatic rings. The number of alkyl halides is 2. The van der Waals surface area contributed by atoms with E-state index in [-0.39, 0.29) is 5.56 Å². The van der Waals surface area contributed by atoms with Crippen molar-refractivity contribution in [2.24, 2.45) is 5.73 Å². The average Bonchev–Trinajstić information content (AvgIpc) is 2.86. The van der Waals surface area contributed by atoms with Gasteiger partial charge in [-0.3, -0.25) is 0 Å². The molecule has 0 aliphatic heterocycles. The number of aromatic nitrogens is 4. The lowest BCUT2D eigenvalue weighted by atomic mass is 10.1. The topological polar surface area (TPSA) is 69.6 Å². The molecule has 0 saturated heterocycles. The second-order valence-electron chi connectivity index (χ2n) is 3.83. The average molecular weight is 285 g/mol. The number of thioether (sulfide) groups is 1. The maximum atomic E-state index is 13.9. The van der Waals surface area contributed by atoms with Gasteiger partial charge in [-0.15, -0.1) is 5.10 Å². The van der Waals surface area contributed by atoms with Crippen LogP contribution in [0, 0.1) is 0 Å². The van der Waals surface area contributed by atoms with Crippen LogP contribution < -0.4 is 5.73 Å². The highest BCUT2D eigenvalue weighted by Gasteiger charge is 2.32. The van der Waals surface area contributed by atoms with Gasteiger partial charge in [-0.2, -0.15) is 0 Å². The largest absolute Gasteiger partial charge is 0.329 e. The smallest absolute Gasteiger partial charge is 0.282 e. The van der Waals surface area contributed by atoms with Crippen LogP contribution in [0.15, 0.2) is 35.5 Å². The van der Waals surface area contributed by atoms with E-state index in [4.69, 9.17) is 5.73 Å². The predicted octanol–water partition coefficient (Wildman–Crippen LogP) is 1.52. The summed E-state index contributed by atoms with van der Waals surface area (Å²) in [7, 11) is 0. The summed E-state index contributed by atoms with van der Waals surface area (Å²) in [5.41, 5.74) is 5.37. The van der Waals surface area contributed by atoms with Crippen LogP contribution in [0.3, 0.4) is 0 Å². The zero-order valence-corrected chi connectivity index (χ0v) is 10.9. The zero-order chi connectivity index (χ0) is 13.7. The summed E-state index contributed by atoms with van der Waals surface area (Å²) < 4.78 is 29.3. The van der Waals surface area contributed by atoms with E-state index in [1.807, 2.05) is 0 Å². The van der Waals surface area contributed by atoms with Gasteiger partial charge >= 0.3 is 0 Å². The van der Waals surface area contributed by atoms with Crippen LogP contribution in [-0.4, -0.2) is 32.5 Å². The van der Waals surface area contributed by atoms with E-state index in [2.05, 4.69) is 15.5 Å². The van der Waals surface area contributed by atoms with E-state index in [0.717, 1.165) is 11.8 Å². The first kappa shape index (κ1) is 13.9. The maximum Gasteiger partial charge on any atom is 0.282 e. The van der Waals surface area contributed by atoms with Gasteiger partial charge in [-0.25, -0.2) is 13.5 Å². The van der Waals surface area contributed by atoms with Gasteiger partial charge in [0.2, 0.25) is 5.16 Å². The molecule has 1 heterocycles. The Morgan fingerprint density at radius 3 is 2.68 bits per heavy atom. The van der Waals surface area contributed by atoms with Gasteiger partial charge in [0, 0.05) is 12.1 Å². The number of benzene rings is 1. The third kappa shape index (κ3) is 3.48. The molecule has 1 aromatic carbocycles. The fraction of sp³-hybridized carbons (Fsp3) is 0.364. The van der Waals surface area contributed by atoms with Crippen LogP contribution in [0.2, 0.25) is 0 Å². The molecule has 2 N–H and O–H groups in total. The van der Waals surface area contributed by atoms with Gasteiger partial charge in [0.1, 0.15) is 0 Å². The number of halogens is 2. The fourth-order valence-corrected chi connectivity index (χ4v) is 2.33. The first-order chi connectivity index (χ1) is 9.13. The second-order valence-corrected chi connectivity index (χ2v) is 4.77. The summed E-state index contributed by atoms with van der Waals surface area (Å²) in [6.07, 6.45) is 0. The lowest BCUT2D eigenvalue weighted by Gasteiger charge is -2.15. The number of tetrazole rings is 1. The van der Waals surface area contributed by atoms with Crippen molar-refractivity contribution in [1.82, 2.24) is 20.2 Å². The third-order valence-electron chi connectivity index (χ3n) is 2.42.